The van der Waals surface area contributed by atoms with Gasteiger partial charge in [-0.05, 0) is 50.0 Å². The summed E-state index contributed by atoms with van der Waals surface area (Å²) in [4.78, 5) is 2.88. The summed E-state index contributed by atoms with van der Waals surface area (Å²) in [7, 11) is 0. The lowest BCUT2D eigenvalue weighted by molar-refractivity contribution is 0.105. The van der Waals surface area contributed by atoms with Crippen molar-refractivity contribution in [3.8, 4) is 0 Å². The first-order valence-electron chi connectivity index (χ1n) is 6.27. The standard InChI is InChI=1S/C13H23N/c1-12(2,3)9-13-5-4-6-14(13)11-7-10(11)8-13/h10-11H,4-9H2,1-3H3/t10-,11-,13?/m1/s1. The molecule has 1 unspecified atom stereocenters. The lowest BCUT2D eigenvalue weighted by Gasteiger charge is -2.39. The molecule has 0 radical (unpaired) electrons. The van der Waals surface area contributed by atoms with Gasteiger partial charge in [0.2, 0.25) is 0 Å². The van der Waals surface area contributed by atoms with Crippen molar-refractivity contribution in [3.05, 3.63) is 0 Å². The molecule has 0 N–H and O–H groups in total. The molecule has 0 aromatic rings. The van der Waals surface area contributed by atoms with Gasteiger partial charge in [0.05, 0.1) is 0 Å². The quantitative estimate of drug-likeness (QED) is 0.618. The summed E-state index contributed by atoms with van der Waals surface area (Å²) in [5, 5.41) is 0. The molecule has 0 spiro atoms. The maximum atomic E-state index is 2.88. The van der Waals surface area contributed by atoms with E-state index in [1.807, 2.05) is 0 Å². The minimum atomic E-state index is 0.513. The highest BCUT2D eigenvalue weighted by atomic mass is 15.3. The van der Waals surface area contributed by atoms with Gasteiger partial charge in [-0.2, -0.15) is 0 Å². The minimum absolute atomic E-state index is 0.513. The van der Waals surface area contributed by atoms with Crippen LogP contribution in [0, 0.1) is 11.3 Å². The van der Waals surface area contributed by atoms with E-state index in [0.717, 1.165) is 12.0 Å². The largest absolute Gasteiger partial charge is 0.294 e. The average molecular weight is 193 g/mol. The fourth-order valence-electron chi connectivity index (χ4n) is 4.27. The van der Waals surface area contributed by atoms with Crippen molar-refractivity contribution in [1.82, 2.24) is 4.90 Å². The van der Waals surface area contributed by atoms with Crippen LogP contribution in [0.5, 0.6) is 0 Å². The third-order valence-corrected chi connectivity index (χ3v) is 4.44. The van der Waals surface area contributed by atoms with Gasteiger partial charge in [-0.3, -0.25) is 4.90 Å². The Hall–Kier alpha value is -0.0400. The maximum absolute atomic E-state index is 2.88. The van der Waals surface area contributed by atoms with Gasteiger partial charge in [-0.25, -0.2) is 0 Å². The molecule has 14 heavy (non-hydrogen) atoms. The lowest BCUT2D eigenvalue weighted by Crippen LogP contribution is -2.43. The van der Waals surface area contributed by atoms with E-state index in [1.165, 1.54) is 38.6 Å². The molecule has 3 aliphatic rings. The Kier molecular flexibility index (Phi) is 1.68. The SMILES string of the molecule is CC(C)(C)CC12CCCN1[C@@H]1C[C@@H]1C2. The van der Waals surface area contributed by atoms with Crippen molar-refractivity contribution < 1.29 is 0 Å². The van der Waals surface area contributed by atoms with Crippen LogP contribution >= 0.6 is 0 Å². The molecule has 1 nitrogen and oxygen atoms in total. The summed E-state index contributed by atoms with van der Waals surface area (Å²) < 4.78 is 0. The number of hydrogen-bond acceptors (Lipinski definition) is 1. The van der Waals surface area contributed by atoms with Gasteiger partial charge < -0.3 is 0 Å². The Morgan fingerprint density at radius 3 is 2.86 bits per heavy atom. The predicted molar refractivity (Wildman–Crippen MR) is 59.3 cm³/mol. The molecule has 0 bridgehead atoms. The van der Waals surface area contributed by atoms with Crippen LogP contribution in [-0.2, 0) is 0 Å². The molecule has 2 aliphatic heterocycles. The summed E-state index contributed by atoms with van der Waals surface area (Å²) in [5.41, 5.74) is 1.16. The topological polar surface area (TPSA) is 3.24 Å². The second-order valence-corrected chi connectivity index (χ2v) is 7.03. The average Bonchev–Trinajstić information content (AvgIpc) is 2.51. The second kappa shape index (κ2) is 2.55. The van der Waals surface area contributed by atoms with Crippen LogP contribution in [0.2, 0.25) is 0 Å². The summed E-state index contributed by atoms with van der Waals surface area (Å²) in [6, 6.07) is 1.01. The molecule has 0 aromatic heterocycles. The monoisotopic (exact) mass is 193 g/mol. The number of fused-ring (bicyclic) bond motifs is 3. The van der Waals surface area contributed by atoms with E-state index in [1.54, 1.807) is 0 Å². The molecule has 3 rings (SSSR count). The first-order chi connectivity index (χ1) is 6.50. The van der Waals surface area contributed by atoms with Crippen molar-refractivity contribution in [3.63, 3.8) is 0 Å². The van der Waals surface area contributed by atoms with Gasteiger partial charge in [0.15, 0.2) is 0 Å². The van der Waals surface area contributed by atoms with Crippen LogP contribution < -0.4 is 0 Å². The van der Waals surface area contributed by atoms with Gasteiger partial charge in [0.25, 0.3) is 0 Å². The molecule has 2 heterocycles. The predicted octanol–water partition coefficient (Wildman–Crippen LogP) is 3.05. The number of rotatable bonds is 1. The van der Waals surface area contributed by atoms with Crippen molar-refractivity contribution in [2.75, 3.05) is 6.54 Å². The Balaban J connectivity index is 1.81. The zero-order valence-corrected chi connectivity index (χ0v) is 9.84. The fourth-order valence-corrected chi connectivity index (χ4v) is 4.27. The first-order valence-corrected chi connectivity index (χ1v) is 6.27. The van der Waals surface area contributed by atoms with E-state index in [-0.39, 0.29) is 0 Å². The highest BCUT2D eigenvalue weighted by Gasteiger charge is 2.61. The van der Waals surface area contributed by atoms with Gasteiger partial charge in [0, 0.05) is 11.6 Å². The third-order valence-electron chi connectivity index (χ3n) is 4.44. The zero-order chi connectivity index (χ0) is 9.97. The summed E-state index contributed by atoms with van der Waals surface area (Å²) in [6.07, 6.45) is 7.41. The molecular formula is C13H23N. The van der Waals surface area contributed by atoms with Crippen LogP contribution in [0.15, 0.2) is 0 Å². The van der Waals surface area contributed by atoms with Crippen LogP contribution in [0.4, 0.5) is 0 Å². The number of nitrogens with zero attached hydrogens (tertiary/aromatic N) is 1. The highest BCUT2D eigenvalue weighted by Crippen LogP contribution is 2.59. The highest BCUT2D eigenvalue weighted by molar-refractivity contribution is 5.16. The number of piperidine rings is 1. The zero-order valence-electron chi connectivity index (χ0n) is 9.84. The van der Waals surface area contributed by atoms with Gasteiger partial charge >= 0.3 is 0 Å². The first kappa shape index (κ1) is 9.21. The third kappa shape index (κ3) is 1.25. The fraction of sp³-hybridized carbons (Fsp3) is 1.00. The smallest absolute Gasteiger partial charge is 0.0221 e. The van der Waals surface area contributed by atoms with Crippen molar-refractivity contribution in [1.29, 1.82) is 0 Å². The summed E-state index contributed by atoms with van der Waals surface area (Å²) in [5.74, 6) is 1.10. The molecule has 80 valence electrons. The van der Waals surface area contributed by atoms with Crippen molar-refractivity contribution >= 4 is 0 Å². The molecule has 1 aliphatic carbocycles. The molecule has 1 saturated carbocycles. The normalized spacial score (nSPS) is 46.5. The Morgan fingerprint density at radius 1 is 1.36 bits per heavy atom. The summed E-state index contributed by atoms with van der Waals surface area (Å²) >= 11 is 0. The van der Waals surface area contributed by atoms with E-state index in [2.05, 4.69) is 25.7 Å². The minimum Gasteiger partial charge on any atom is -0.294 e. The lowest BCUT2D eigenvalue weighted by atomic mass is 9.76. The van der Waals surface area contributed by atoms with E-state index in [9.17, 15) is 0 Å². The maximum Gasteiger partial charge on any atom is 0.0221 e. The van der Waals surface area contributed by atoms with E-state index in [0.29, 0.717) is 11.0 Å². The Bertz CT molecular complexity index is 252. The molecule has 3 atom stereocenters. The molecule has 0 amide bonds. The van der Waals surface area contributed by atoms with Crippen LogP contribution in [0.1, 0.15) is 52.9 Å². The van der Waals surface area contributed by atoms with Crippen LogP contribution in [0.3, 0.4) is 0 Å². The van der Waals surface area contributed by atoms with Gasteiger partial charge in [-0.1, -0.05) is 20.8 Å². The van der Waals surface area contributed by atoms with E-state index < -0.39 is 0 Å². The van der Waals surface area contributed by atoms with Gasteiger partial charge in [-0.15, -0.1) is 0 Å². The Labute approximate surface area is 87.9 Å². The molecule has 2 saturated heterocycles. The van der Waals surface area contributed by atoms with Gasteiger partial charge in [0.1, 0.15) is 0 Å². The van der Waals surface area contributed by atoms with Crippen LogP contribution in [0.25, 0.3) is 0 Å². The molecule has 1 heteroatoms. The number of hydrogen-bond donors (Lipinski definition) is 0. The molecule has 0 aromatic carbocycles. The Morgan fingerprint density at radius 2 is 2.14 bits per heavy atom. The van der Waals surface area contributed by atoms with Crippen LogP contribution in [-0.4, -0.2) is 23.0 Å². The summed E-state index contributed by atoms with van der Waals surface area (Å²) in [6.45, 7) is 8.61. The van der Waals surface area contributed by atoms with Crippen molar-refractivity contribution in [2.24, 2.45) is 11.3 Å². The van der Waals surface area contributed by atoms with E-state index >= 15 is 0 Å². The van der Waals surface area contributed by atoms with Crippen molar-refractivity contribution in [2.45, 2.75) is 64.5 Å². The van der Waals surface area contributed by atoms with E-state index in [4.69, 9.17) is 0 Å². The molecule has 3 fully saturated rings. The second-order valence-electron chi connectivity index (χ2n) is 7.03. The molecular weight excluding hydrogens is 170 g/mol.